The minimum absolute atomic E-state index is 0.113. The highest BCUT2D eigenvalue weighted by molar-refractivity contribution is 9.10. The molecule has 0 aliphatic heterocycles. The molecule has 7 heteroatoms. The van der Waals surface area contributed by atoms with Gasteiger partial charge < -0.3 is 24.6 Å². The SMILES string of the molecule is COc1cc(NC(=O)c2cc(Br)ccc2O)cc(OC)c1OC. The van der Waals surface area contributed by atoms with E-state index in [0.29, 0.717) is 27.4 Å². The van der Waals surface area contributed by atoms with Gasteiger partial charge in [0.1, 0.15) is 5.75 Å². The Morgan fingerprint density at radius 2 is 1.65 bits per heavy atom. The maximum Gasteiger partial charge on any atom is 0.259 e. The van der Waals surface area contributed by atoms with Gasteiger partial charge >= 0.3 is 0 Å². The lowest BCUT2D eigenvalue weighted by Gasteiger charge is -2.15. The summed E-state index contributed by atoms with van der Waals surface area (Å²) in [5.41, 5.74) is 0.594. The fraction of sp³-hybridized carbons (Fsp3) is 0.188. The van der Waals surface area contributed by atoms with Crippen LogP contribution in [-0.2, 0) is 0 Å². The molecule has 0 fully saturated rings. The smallest absolute Gasteiger partial charge is 0.259 e. The van der Waals surface area contributed by atoms with Crippen molar-refractivity contribution in [3.63, 3.8) is 0 Å². The van der Waals surface area contributed by atoms with E-state index in [4.69, 9.17) is 14.2 Å². The van der Waals surface area contributed by atoms with Crippen molar-refractivity contribution >= 4 is 27.5 Å². The molecule has 0 atom stereocenters. The Hall–Kier alpha value is -2.41. The van der Waals surface area contributed by atoms with Crippen LogP contribution >= 0.6 is 15.9 Å². The van der Waals surface area contributed by atoms with Crippen LogP contribution in [0.3, 0.4) is 0 Å². The molecule has 0 unspecified atom stereocenters. The van der Waals surface area contributed by atoms with Crippen LogP contribution in [0, 0.1) is 0 Å². The molecule has 6 nitrogen and oxygen atoms in total. The van der Waals surface area contributed by atoms with Crippen molar-refractivity contribution in [2.45, 2.75) is 0 Å². The summed E-state index contributed by atoms with van der Waals surface area (Å²) in [5.74, 6) is 0.691. The highest BCUT2D eigenvalue weighted by atomic mass is 79.9. The summed E-state index contributed by atoms with van der Waals surface area (Å²) in [6.07, 6.45) is 0. The Morgan fingerprint density at radius 3 is 2.17 bits per heavy atom. The van der Waals surface area contributed by atoms with Crippen LogP contribution < -0.4 is 19.5 Å². The zero-order valence-electron chi connectivity index (χ0n) is 12.8. The van der Waals surface area contributed by atoms with E-state index in [9.17, 15) is 9.90 Å². The van der Waals surface area contributed by atoms with E-state index in [1.165, 1.54) is 33.5 Å². The first kappa shape index (κ1) is 17.0. The number of phenols is 1. The predicted molar refractivity (Wildman–Crippen MR) is 89.9 cm³/mol. The monoisotopic (exact) mass is 381 g/mol. The molecule has 2 aromatic rings. The summed E-state index contributed by atoms with van der Waals surface area (Å²) in [5, 5.41) is 12.5. The van der Waals surface area contributed by atoms with Gasteiger partial charge in [0.05, 0.1) is 26.9 Å². The van der Waals surface area contributed by atoms with Gasteiger partial charge in [0.25, 0.3) is 5.91 Å². The number of hydrogen-bond acceptors (Lipinski definition) is 5. The fourth-order valence-electron chi connectivity index (χ4n) is 2.04. The number of methoxy groups -OCH3 is 3. The normalized spacial score (nSPS) is 10.1. The number of amides is 1. The molecule has 122 valence electrons. The molecular weight excluding hydrogens is 366 g/mol. The largest absolute Gasteiger partial charge is 0.507 e. The molecule has 2 aromatic carbocycles. The molecule has 0 aromatic heterocycles. The lowest BCUT2D eigenvalue weighted by Crippen LogP contribution is -2.12. The Balaban J connectivity index is 2.36. The first-order valence-corrected chi connectivity index (χ1v) is 7.39. The van der Waals surface area contributed by atoms with Crippen LogP contribution in [0.4, 0.5) is 5.69 Å². The molecule has 0 saturated carbocycles. The Labute approximate surface area is 142 Å². The average molecular weight is 382 g/mol. The Kier molecular flexibility index (Phi) is 5.33. The van der Waals surface area contributed by atoms with E-state index in [2.05, 4.69) is 21.2 Å². The molecule has 0 saturated heterocycles. The maximum absolute atomic E-state index is 12.3. The van der Waals surface area contributed by atoms with Crippen molar-refractivity contribution in [3.05, 3.63) is 40.4 Å². The van der Waals surface area contributed by atoms with Gasteiger partial charge in [0.2, 0.25) is 5.75 Å². The standard InChI is InChI=1S/C16H16BrNO5/c1-21-13-7-10(8-14(22-2)15(13)23-3)18-16(20)11-6-9(17)4-5-12(11)19/h4-8,19H,1-3H3,(H,18,20). The summed E-state index contributed by atoms with van der Waals surface area (Å²) in [7, 11) is 4.48. The first-order chi connectivity index (χ1) is 11.0. The van der Waals surface area contributed by atoms with Crippen LogP contribution in [0.5, 0.6) is 23.0 Å². The number of hydrogen-bond donors (Lipinski definition) is 2. The van der Waals surface area contributed by atoms with Crippen LogP contribution in [-0.4, -0.2) is 32.3 Å². The lowest BCUT2D eigenvalue weighted by molar-refractivity contribution is 0.102. The second kappa shape index (κ2) is 7.23. The maximum atomic E-state index is 12.3. The number of benzene rings is 2. The van der Waals surface area contributed by atoms with Crippen LogP contribution in [0.25, 0.3) is 0 Å². The lowest BCUT2D eigenvalue weighted by atomic mass is 10.1. The van der Waals surface area contributed by atoms with E-state index in [1.807, 2.05) is 0 Å². The number of carbonyl (C=O) groups excluding carboxylic acids is 1. The summed E-state index contributed by atoms with van der Waals surface area (Å²) in [6.45, 7) is 0. The van der Waals surface area contributed by atoms with Gasteiger partial charge in [0.15, 0.2) is 11.5 Å². The molecule has 2 N–H and O–H groups in total. The number of aromatic hydroxyl groups is 1. The molecule has 23 heavy (non-hydrogen) atoms. The molecule has 1 amide bonds. The molecule has 0 aliphatic carbocycles. The van der Waals surface area contributed by atoms with Gasteiger partial charge in [-0.15, -0.1) is 0 Å². The fourth-order valence-corrected chi connectivity index (χ4v) is 2.40. The second-order valence-corrected chi connectivity index (χ2v) is 5.45. The van der Waals surface area contributed by atoms with Crippen molar-refractivity contribution in [3.8, 4) is 23.0 Å². The zero-order chi connectivity index (χ0) is 17.0. The third-order valence-corrected chi connectivity index (χ3v) is 3.62. The predicted octanol–water partition coefficient (Wildman–Crippen LogP) is 3.43. The zero-order valence-corrected chi connectivity index (χ0v) is 14.4. The molecule has 0 aliphatic rings. The Morgan fingerprint density at radius 1 is 1.04 bits per heavy atom. The molecule has 0 radical (unpaired) electrons. The molecule has 0 spiro atoms. The minimum atomic E-state index is -0.460. The van der Waals surface area contributed by atoms with Crippen LogP contribution in [0.2, 0.25) is 0 Å². The third kappa shape index (κ3) is 3.68. The number of halogens is 1. The van der Waals surface area contributed by atoms with Gasteiger partial charge in [-0.05, 0) is 18.2 Å². The number of phenolic OH excluding ortho intramolecular Hbond substituents is 1. The number of ether oxygens (including phenoxy) is 3. The number of rotatable bonds is 5. The highest BCUT2D eigenvalue weighted by Crippen LogP contribution is 2.40. The van der Waals surface area contributed by atoms with Gasteiger partial charge in [-0.3, -0.25) is 4.79 Å². The minimum Gasteiger partial charge on any atom is -0.507 e. The van der Waals surface area contributed by atoms with E-state index in [-0.39, 0.29) is 11.3 Å². The third-order valence-electron chi connectivity index (χ3n) is 3.13. The van der Waals surface area contributed by atoms with E-state index in [0.717, 1.165) is 0 Å². The van der Waals surface area contributed by atoms with Crippen molar-refractivity contribution in [1.29, 1.82) is 0 Å². The van der Waals surface area contributed by atoms with Gasteiger partial charge in [0, 0.05) is 22.3 Å². The molecule has 2 rings (SSSR count). The molecule has 0 bridgehead atoms. The van der Waals surface area contributed by atoms with Gasteiger partial charge in [-0.1, -0.05) is 15.9 Å². The van der Waals surface area contributed by atoms with Crippen molar-refractivity contribution < 1.29 is 24.1 Å². The van der Waals surface area contributed by atoms with E-state index < -0.39 is 5.91 Å². The summed E-state index contributed by atoms with van der Waals surface area (Å²) >= 11 is 3.27. The van der Waals surface area contributed by atoms with Crippen molar-refractivity contribution in [2.24, 2.45) is 0 Å². The average Bonchev–Trinajstić information content (AvgIpc) is 2.55. The number of carbonyl (C=O) groups is 1. The topological polar surface area (TPSA) is 77.0 Å². The van der Waals surface area contributed by atoms with Crippen LogP contribution in [0.15, 0.2) is 34.8 Å². The van der Waals surface area contributed by atoms with E-state index in [1.54, 1.807) is 18.2 Å². The van der Waals surface area contributed by atoms with E-state index >= 15 is 0 Å². The van der Waals surface area contributed by atoms with Gasteiger partial charge in [-0.25, -0.2) is 0 Å². The summed E-state index contributed by atoms with van der Waals surface area (Å²) in [4.78, 5) is 12.3. The number of anilines is 1. The first-order valence-electron chi connectivity index (χ1n) is 6.60. The molecule has 0 heterocycles. The van der Waals surface area contributed by atoms with Crippen LogP contribution in [0.1, 0.15) is 10.4 Å². The highest BCUT2D eigenvalue weighted by Gasteiger charge is 2.16. The second-order valence-electron chi connectivity index (χ2n) is 4.53. The Bertz CT molecular complexity index is 707. The molecular formula is C16H16BrNO5. The van der Waals surface area contributed by atoms with Crippen molar-refractivity contribution in [1.82, 2.24) is 0 Å². The number of nitrogens with one attached hydrogen (secondary N) is 1. The van der Waals surface area contributed by atoms with Gasteiger partial charge in [-0.2, -0.15) is 0 Å². The summed E-state index contributed by atoms with van der Waals surface area (Å²) in [6, 6.07) is 7.82. The van der Waals surface area contributed by atoms with Crippen molar-refractivity contribution in [2.75, 3.05) is 26.6 Å². The summed E-state index contributed by atoms with van der Waals surface area (Å²) < 4.78 is 16.4. The quantitative estimate of drug-likeness (QED) is 0.829.